The number of nitrogens with two attached hydrogens (primary N) is 1. The molecule has 0 saturated heterocycles. The summed E-state index contributed by atoms with van der Waals surface area (Å²) in [4.78, 5) is 0. The normalized spacial score (nSPS) is 10.7. The van der Waals surface area contributed by atoms with Crippen molar-refractivity contribution in [3.8, 4) is 0 Å². The maximum Gasteiger partial charge on any atom is 0.181 e. The summed E-state index contributed by atoms with van der Waals surface area (Å²) in [5, 5.41) is 3.44. The van der Waals surface area contributed by atoms with Crippen LogP contribution in [-0.2, 0) is 0 Å². The Hall–Kier alpha value is -0.350. The molecule has 0 rings (SSSR count). The molecule has 3 nitrogen and oxygen atoms in total. The molecule has 0 aromatic carbocycles. The lowest BCUT2D eigenvalue weighted by molar-refractivity contribution is 0.507. The molecule has 0 heterocycles. The zero-order valence-corrected chi connectivity index (χ0v) is 6.80. The van der Waals surface area contributed by atoms with E-state index in [9.17, 15) is 0 Å². The van der Waals surface area contributed by atoms with E-state index in [0.717, 1.165) is 0 Å². The predicted octanol–water partition coefficient (Wildman–Crippen LogP) is 0.123. The monoisotopic (exact) mass is 147 g/mol. The van der Waals surface area contributed by atoms with E-state index in [-0.39, 0.29) is 5.54 Å². The molecule has 0 aliphatic rings. The van der Waals surface area contributed by atoms with Gasteiger partial charge in [0.25, 0.3) is 0 Å². The van der Waals surface area contributed by atoms with E-state index in [4.69, 9.17) is 18.1 Å². The highest BCUT2D eigenvalue weighted by Crippen LogP contribution is 1.96. The minimum Gasteiger partial charge on any atom is -0.357 e. The van der Waals surface area contributed by atoms with Crippen molar-refractivity contribution in [1.82, 2.24) is 10.7 Å². The average molecular weight is 147 g/mol. The minimum absolute atomic E-state index is 0.0105. The maximum atomic E-state index is 5.03. The van der Waals surface area contributed by atoms with E-state index in [0.29, 0.717) is 5.11 Å². The summed E-state index contributed by atoms with van der Waals surface area (Å²) in [5.41, 5.74) is 2.33. The molecule has 0 aliphatic heterocycles. The van der Waals surface area contributed by atoms with Crippen LogP contribution in [0, 0.1) is 0 Å². The van der Waals surface area contributed by atoms with Crippen LogP contribution >= 0.6 is 12.2 Å². The minimum atomic E-state index is -0.0105. The summed E-state index contributed by atoms with van der Waals surface area (Å²) in [6, 6.07) is 0. The van der Waals surface area contributed by atoms with Gasteiger partial charge in [-0.3, -0.25) is 0 Å². The van der Waals surface area contributed by atoms with Crippen LogP contribution in [0.25, 0.3) is 0 Å². The first kappa shape index (κ1) is 8.65. The second-order valence-corrected chi connectivity index (χ2v) is 3.26. The molecule has 0 unspecified atom stereocenters. The number of thiocarbonyl (C=S) groups is 1. The Labute approximate surface area is 61.0 Å². The summed E-state index contributed by atoms with van der Waals surface area (Å²) in [5.74, 6) is 5.03. The number of hydrazine groups is 1. The lowest BCUT2D eigenvalue weighted by atomic mass is 10.1. The first-order valence-corrected chi connectivity index (χ1v) is 3.15. The van der Waals surface area contributed by atoms with E-state index in [1.54, 1.807) is 0 Å². The van der Waals surface area contributed by atoms with Gasteiger partial charge in [-0.1, -0.05) is 0 Å². The van der Waals surface area contributed by atoms with Gasteiger partial charge in [-0.2, -0.15) is 0 Å². The molecule has 4 N–H and O–H groups in total. The number of hydrogen-bond donors (Lipinski definition) is 3. The number of hydrogen-bond acceptors (Lipinski definition) is 2. The van der Waals surface area contributed by atoms with Crippen LogP contribution in [-0.4, -0.2) is 10.7 Å². The Kier molecular flexibility index (Phi) is 2.87. The number of rotatable bonds is 0. The van der Waals surface area contributed by atoms with Crippen LogP contribution in [0.3, 0.4) is 0 Å². The molecule has 0 aromatic heterocycles. The van der Waals surface area contributed by atoms with Gasteiger partial charge in [0.15, 0.2) is 5.11 Å². The summed E-state index contributed by atoms with van der Waals surface area (Å²) >= 11 is 4.76. The largest absolute Gasteiger partial charge is 0.357 e. The topological polar surface area (TPSA) is 50.1 Å². The molecule has 0 aliphatic carbocycles. The van der Waals surface area contributed by atoms with Gasteiger partial charge in [0.2, 0.25) is 0 Å². The van der Waals surface area contributed by atoms with Gasteiger partial charge in [0.1, 0.15) is 0 Å². The van der Waals surface area contributed by atoms with E-state index in [1.807, 2.05) is 20.8 Å². The third-order valence-electron chi connectivity index (χ3n) is 0.620. The highest BCUT2D eigenvalue weighted by atomic mass is 32.1. The van der Waals surface area contributed by atoms with Crippen LogP contribution in [0.1, 0.15) is 20.8 Å². The standard InChI is InChI=1S/C5H13N3S/c1-5(2,3)7-4(9)8-6/h6H2,1-3H3,(H2,7,8,9). The van der Waals surface area contributed by atoms with Gasteiger partial charge in [-0.15, -0.1) is 0 Å². The molecule has 0 radical (unpaired) electrons. The van der Waals surface area contributed by atoms with Gasteiger partial charge in [0.05, 0.1) is 0 Å². The predicted molar refractivity (Wildman–Crippen MR) is 42.8 cm³/mol. The molecule has 0 atom stereocenters. The zero-order chi connectivity index (χ0) is 7.49. The fourth-order valence-electron chi connectivity index (χ4n) is 0.377. The van der Waals surface area contributed by atoms with Gasteiger partial charge in [0, 0.05) is 5.54 Å². The van der Waals surface area contributed by atoms with Crippen molar-refractivity contribution in [2.45, 2.75) is 26.3 Å². The quantitative estimate of drug-likeness (QED) is 0.259. The highest BCUT2D eigenvalue weighted by Gasteiger charge is 2.08. The van der Waals surface area contributed by atoms with Crippen LogP contribution in [0.15, 0.2) is 0 Å². The van der Waals surface area contributed by atoms with Crippen LogP contribution in [0.5, 0.6) is 0 Å². The summed E-state index contributed by atoms with van der Waals surface area (Å²) in [6.07, 6.45) is 0. The molecule has 54 valence electrons. The average Bonchev–Trinajstić information content (AvgIpc) is 1.62. The first-order valence-electron chi connectivity index (χ1n) is 2.74. The third-order valence-corrected chi connectivity index (χ3v) is 0.840. The lowest BCUT2D eigenvalue weighted by Crippen LogP contribution is -2.48. The second-order valence-electron chi connectivity index (χ2n) is 2.85. The fraction of sp³-hybridized carbons (Fsp3) is 0.800. The van der Waals surface area contributed by atoms with Crippen molar-refractivity contribution in [3.05, 3.63) is 0 Å². The van der Waals surface area contributed by atoms with Crippen molar-refractivity contribution in [2.75, 3.05) is 0 Å². The van der Waals surface area contributed by atoms with E-state index in [1.165, 1.54) is 0 Å². The van der Waals surface area contributed by atoms with Gasteiger partial charge >= 0.3 is 0 Å². The summed E-state index contributed by atoms with van der Waals surface area (Å²) < 4.78 is 0. The first-order chi connectivity index (χ1) is 3.95. The van der Waals surface area contributed by atoms with Crippen molar-refractivity contribution in [1.29, 1.82) is 0 Å². The summed E-state index contributed by atoms with van der Waals surface area (Å²) in [7, 11) is 0. The molecule has 0 bridgehead atoms. The van der Waals surface area contributed by atoms with Crippen molar-refractivity contribution in [3.63, 3.8) is 0 Å². The Morgan fingerprint density at radius 2 is 1.89 bits per heavy atom. The zero-order valence-electron chi connectivity index (χ0n) is 5.99. The second kappa shape index (κ2) is 2.98. The molecule has 0 aromatic rings. The molecule has 0 saturated carbocycles. The molecule has 9 heavy (non-hydrogen) atoms. The lowest BCUT2D eigenvalue weighted by Gasteiger charge is -2.21. The van der Waals surface area contributed by atoms with E-state index >= 15 is 0 Å². The van der Waals surface area contributed by atoms with Gasteiger partial charge in [-0.05, 0) is 33.0 Å². The molecule has 0 amide bonds. The smallest absolute Gasteiger partial charge is 0.181 e. The molecule has 4 heteroatoms. The third kappa shape index (κ3) is 5.52. The van der Waals surface area contributed by atoms with Gasteiger partial charge in [-0.25, -0.2) is 5.84 Å². The van der Waals surface area contributed by atoms with E-state index in [2.05, 4.69) is 10.7 Å². The number of nitrogens with one attached hydrogen (secondary N) is 2. The van der Waals surface area contributed by atoms with Crippen molar-refractivity contribution in [2.24, 2.45) is 5.84 Å². The van der Waals surface area contributed by atoms with Gasteiger partial charge < -0.3 is 10.7 Å². The van der Waals surface area contributed by atoms with Crippen molar-refractivity contribution >= 4 is 17.3 Å². The SMILES string of the molecule is CC(C)(C)NC(=S)NN. The molecule has 0 fully saturated rings. The highest BCUT2D eigenvalue weighted by molar-refractivity contribution is 7.80. The van der Waals surface area contributed by atoms with Crippen LogP contribution in [0.4, 0.5) is 0 Å². The van der Waals surface area contributed by atoms with Crippen LogP contribution < -0.4 is 16.6 Å². The molecule has 0 spiro atoms. The van der Waals surface area contributed by atoms with Crippen LogP contribution in [0.2, 0.25) is 0 Å². The van der Waals surface area contributed by atoms with Crippen molar-refractivity contribution < 1.29 is 0 Å². The fourth-order valence-corrected chi connectivity index (χ4v) is 0.683. The molecular weight excluding hydrogens is 134 g/mol. The Bertz CT molecular complexity index is 105. The molecular formula is C5H13N3S. The Morgan fingerprint density at radius 3 is 2.00 bits per heavy atom. The maximum absolute atomic E-state index is 5.03. The Balaban J connectivity index is 3.60. The summed E-state index contributed by atoms with van der Waals surface area (Å²) in [6.45, 7) is 6.03. The Morgan fingerprint density at radius 1 is 1.44 bits per heavy atom. The van der Waals surface area contributed by atoms with E-state index < -0.39 is 0 Å².